The van der Waals surface area contributed by atoms with Crippen molar-refractivity contribution in [3.05, 3.63) is 0 Å². The topological polar surface area (TPSA) is 17.1 Å². The van der Waals surface area contributed by atoms with Gasteiger partial charge in [-0.15, -0.1) is 0 Å². The fourth-order valence-electron chi connectivity index (χ4n) is 0. The van der Waals surface area contributed by atoms with Crippen molar-refractivity contribution in [2.24, 2.45) is 0 Å². The van der Waals surface area contributed by atoms with Crippen LogP contribution in [0.2, 0.25) is 0 Å². The molecule has 0 aliphatic carbocycles. The fourth-order valence-corrected chi connectivity index (χ4v) is 0. The first-order valence-corrected chi connectivity index (χ1v) is 1.01. The third-order valence-electron chi connectivity index (χ3n) is 0.103. The molecule has 0 amide bonds. The summed E-state index contributed by atoms with van der Waals surface area (Å²) in [6.07, 6.45) is -3.21. The first kappa shape index (κ1) is 9.73. The van der Waals surface area contributed by atoms with Crippen LogP contribution < -0.4 is 0 Å². The first-order valence-electron chi connectivity index (χ1n) is 1.01. The number of rotatable bonds is 1. The molecular formula is C2H3F2NaO. The standard InChI is InChI=1S/C2H2F2O.Na.H/c3-2(4)1-5;;/h1-2H;;. The Morgan fingerprint density at radius 2 is 1.67 bits per heavy atom. The number of halogens is 2. The number of carbonyl (C=O) groups excluding carboxylic acids is 1. The average Bonchev–Trinajstić information content (AvgIpc) is 1.38. The van der Waals surface area contributed by atoms with Crippen molar-refractivity contribution < 1.29 is 13.6 Å². The van der Waals surface area contributed by atoms with E-state index in [4.69, 9.17) is 4.79 Å². The Morgan fingerprint density at radius 1 is 1.50 bits per heavy atom. The summed E-state index contributed by atoms with van der Waals surface area (Å²) in [4.78, 5) is 8.75. The van der Waals surface area contributed by atoms with Gasteiger partial charge in [0.15, 0.2) is 6.29 Å². The summed E-state index contributed by atoms with van der Waals surface area (Å²) >= 11 is 0. The van der Waals surface area contributed by atoms with Crippen molar-refractivity contribution in [1.82, 2.24) is 0 Å². The number of hydrogen-bond donors (Lipinski definition) is 0. The van der Waals surface area contributed by atoms with Gasteiger partial charge in [-0.05, 0) is 0 Å². The van der Waals surface area contributed by atoms with E-state index < -0.39 is 12.7 Å². The second kappa shape index (κ2) is 5.53. The van der Waals surface area contributed by atoms with Crippen LogP contribution in [0.5, 0.6) is 0 Å². The maximum atomic E-state index is 10.4. The summed E-state index contributed by atoms with van der Waals surface area (Å²) in [7, 11) is 0. The monoisotopic (exact) mass is 104 g/mol. The average molecular weight is 104 g/mol. The SMILES string of the molecule is O=CC(F)F.[NaH]. The van der Waals surface area contributed by atoms with E-state index in [1.165, 1.54) is 0 Å². The van der Waals surface area contributed by atoms with Gasteiger partial charge in [-0.1, -0.05) is 0 Å². The minimum atomic E-state index is -2.80. The third kappa shape index (κ3) is 8.82. The van der Waals surface area contributed by atoms with Gasteiger partial charge >= 0.3 is 29.6 Å². The Hall–Kier alpha value is 0.530. The van der Waals surface area contributed by atoms with Gasteiger partial charge in [0.25, 0.3) is 6.43 Å². The zero-order chi connectivity index (χ0) is 4.28. The Balaban J connectivity index is 0. The molecule has 0 heterocycles. The van der Waals surface area contributed by atoms with Gasteiger partial charge in [0.05, 0.1) is 0 Å². The van der Waals surface area contributed by atoms with Crippen molar-refractivity contribution in [3.63, 3.8) is 0 Å². The molecule has 0 spiro atoms. The molecule has 0 aromatic carbocycles. The van der Waals surface area contributed by atoms with Crippen molar-refractivity contribution in [3.8, 4) is 0 Å². The number of alkyl halides is 2. The van der Waals surface area contributed by atoms with E-state index in [2.05, 4.69) is 0 Å². The Labute approximate surface area is 56.0 Å². The van der Waals surface area contributed by atoms with Crippen molar-refractivity contribution in [2.75, 3.05) is 0 Å². The van der Waals surface area contributed by atoms with E-state index in [9.17, 15) is 8.78 Å². The maximum absolute atomic E-state index is 10.4. The Kier molecular flexibility index (Phi) is 8.97. The number of aldehydes is 1. The molecule has 0 radical (unpaired) electrons. The Bertz CT molecular complexity index is 38.5. The summed E-state index contributed by atoms with van der Waals surface area (Å²) in [5.41, 5.74) is 0. The minimum absolute atomic E-state index is 0. The predicted octanol–water partition coefficient (Wildman–Crippen LogP) is -0.198. The van der Waals surface area contributed by atoms with Crippen molar-refractivity contribution >= 4 is 35.8 Å². The second-order valence-corrected chi connectivity index (χ2v) is 0.471. The molecule has 0 unspecified atom stereocenters. The van der Waals surface area contributed by atoms with E-state index in [1.807, 2.05) is 0 Å². The van der Waals surface area contributed by atoms with E-state index in [-0.39, 0.29) is 29.6 Å². The van der Waals surface area contributed by atoms with Crippen LogP contribution in [0, 0.1) is 0 Å². The van der Waals surface area contributed by atoms with Crippen LogP contribution in [0.1, 0.15) is 0 Å². The number of hydrogen-bond acceptors (Lipinski definition) is 1. The van der Waals surface area contributed by atoms with E-state index in [0.29, 0.717) is 0 Å². The predicted molar refractivity (Wildman–Crippen MR) is 19.2 cm³/mol. The molecule has 0 aromatic heterocycles. The van der Waals surface area contributed by atoms with Crippen LogP contribution in [0.3, 0.4) is 0 Å². The molecular weight excluding hydrogens is 101 g/mol. The van der Waals surface area contributed by atoms with Gasteiger partial charge in [0, 0.05) is 0 Å². The molecule has 0 rings (SSSR count). The molecule has 0 aliphatic heterocycles. The molecule has 0 aliphatic rings. The molecule has 0 saturated carbocycles. The fraction of sp³-hybridized carbons (Fsp3) is 0.500. The summed E-state index contributed by atoms with van der Waals surface area (Å²) in [6.45, 7) is 0. The third-order valence-corrected chi connectivity index (χ3v) is 0.103. The summed E-state index contributed by atoms with van der Waals surface area (Å²) in [6, 6.07) is 0. The van der Waals surface area contributed by atoms with Gasteiger partial charge in [-0.25, -0.2) is 8.78 Å². The molecule has 0 aromatic rings. The zero-order valence-electron chi connectivity index (χ0n) is 2.32. The van der Waals surface area contributed by atoms with Crippen LogP contribution in [-0.2, 0) is 4.79 Å². The van der Waals surface area contributed by atoms with Crippen LogP contribution in [-0.4, -0.2) is 42.3 Å². The normalized spacial score (nSPS) is 7.17. The van der Waals surface area contributed by atoms with Gasteiger partial charge in [0.2, 0.25) is 0 Å². The van der Waals surface area contributed by atoms with Gasteiger partial charge in [-0.3, -0.25) is 4.79 Å². The van der Waals surface area contributed by atoms with Crippen molar-refractivity contribution in [1.29, 1.82) is 0 Å². The molecule has 0 N–H and O–H groups in total. The van der Waals surface area contributed by atoms with Crippen LogP contribution >= 0.6 is 0 Å². The summed E-state index contributed by atoms with van der Waals surface area (Å²) < 4.78 is 20.8. The molecule has 1 nitrogen and oxygen atoms in total. The van der Waals surface area contributed by atoms with Crippen molar-refractivity contribution in [2.45, 2.75) is 6.43 Å². The molecule has 0 fully saturated rings. The molecule has 0 saturated heterocycles. The summed E-state index contributed by atoms with van der Waals surface area (Å²) in [5.74, 6) is 0. The summed E-state index contributed by atoms with van der Waals surface area (Å²) in [5, 5.41) is 0. The van der Waals surface area contributed by atoms with Gasteiger partial charge in [0.1, 0.15) is 0 Å². The zero-order valence-corrected chi connectivity index (χ0v) is 2.32. The molecule has 0 bridgehead atoms. The van der Waals surface area contributed by atoms with E-state index in [1.54, 1.807) is 0 Å². The number of carbonyl (C=O) groups is 1. The van der Waals surface area contributed by atoms with E-state index in [0.717, 1.165) is 0 Å². The quantitative estimate of drug-likeness (QED) is 0.332. The van der Waals surface area contributed by atoms with Gasteiger partial charge < -0.3 is 0 Å². The molecule has 0 atom stereocenters. The molecule has 32 valence electrons. The van der Waals surface area contributed by atoms with Crippen LogP contribution in [0.25, 0.3) is 0 Å². The molecule has 6 heavy (non-hydrogen) atoms. The van der Waals surface area contributed by atoms with Crippen LogP contribution in [0.4, 0.5) is 8.78 Å². The Morgan fingerprint density at radius 3 is 1.67 bits per heavy atom. The van der Waals surface area contributed by atoms with Crippen LogP contribution in [0.15, 0.2) is 0 Å². The van der Waals surface area contributed by atoms with E-state index >= 15 is 0 Å². The second-order valence-electron chi connectivity index (χ2n) is 0.471. The molecule has 4 heteroatoms. The first-order chi connectivity index (χ1) is 2.27. The van der Waals surface area contributed by atoms with Gasteiger partial charge in [-0.2, -0.15) is 0 Å².